The van der Waals surface area contributed by atoms with Crippen LogP contribution in [0, 0.1) is 11.8 Å². The highest BCUT2D eigenvalue weighted by molar-refractivity contribution is 5.21. The molecule has 21 heavy (non-hydrogen) atoms. The van der Waals surface area contributed by atoms with Crippen molar-refractivity contribution in [1.82, 2.24) is 10.2 Å². The number of hydrogen-bond donors (Lipinski definition) is 1. The van der Waals surface area contributed by atoms with Crippen LogP contribution in [0.2, 0.25) is 0 Å². The number of nitrogens with zero attached hydrogens (tertiary/aromatic N) is 1. The number of rotatable bonds is 7. The largest absolute Gasteiger partial charge is 0.309 e. The van der Waals surface area contributed by atoms with Crippen molar-refractivity contribution in [3.63, 3.8) is 0 Å². The van der Waals surface area contributed by atoms with Crippen molar-refractivity contribution >= 4 is 0 Å². The van der Waals surface area contributed by atoms with E-state index in [1.54, 1.807) is 0 Å². The molecule has 2 nitrogen and oxygen atoms in total. The number of benzene rings is 1. The van der Waals surface area contributed by atoms with Gasteiger partial charge in [0.1, 0.15) is 0 Å². The summed E-state index contributed by atoms with van der Waals surface area (Å²) in [6, 6.07) is 12.1. The third-order valence-corrected chi connectivity index (χ3v) is 5.06. The standard InChI is InChI=1S/C19H32N2/c1-5-12-20-19(17-10-8-7-9-11-17)18(6-2)21-13-15(3)16(4)14-21/h7-11,15-16,18-20H,5-6,12-14H2,1-4H3. The SMILES string of the molecule is CCCNC(c1ccccc1)C(CC)N1CC(C)C(C)C1. The predicted octanol–water partition coefficient (Wildman–Crippen LogP) is 4.09. The van der Waals surface area contributed by atoms with Gasteiger partial charge < -0.3 is 5.32 Å². The van der Waals surface area contributed by atoms with Crippen LogP contribution in [0.25, 0.3) is 0 Å². The van der Waals surface area contributed by atoms with Gasteiger partial charge in [0.05, 0.1) is 0 Å². The molecule has 1 saturated heterocycles. The first-order valence-electron chi connectivity index (χ1n) is 8.69. The van der Waals surface area contributed by atoms with Crippen molar-refractivity contribution in [1.29, 1.82) is 0 Å². The molecule has 0 saturated carbocycles. The lowest BCUT2D eigenvalue weighted by Crippen LogP contribution is -2.43. The average Bonchev–Trinajstić information content (AvgIpc) is 2.83. The zero-order valence-electron chi connectivity index (χ0n) is 14.2. The second-order valence-electron chi connectivity index (χ2n) is 6.73. The van der Waals surface area contributed by atoms with Gasteiger partial charge in [-0.25, -0.2) is 0 Å². The van der Waals surface area contributed by atoms with Crippen molar-refractivity contribution in [2.75, 3.05) is 19.6 Å². The Balaban J connectivity index is 2.17. The van der Waals surface area contributed by atoms with Gasteiger partial charge in [0.25, 0.3) is 0 Å². The minimum absolute atomic E-state index is 0.452. The topological polar surface area (TPSA) is 15.3 Å². The van der Waals surface area contributed by atoms with Crippen molar-refractivity contribution in [2.24, 2.45) is 11.8 Å². The summed E-state index contributed by atoms with van der Waals surface area (Å²) >= 11 is 0. The molecular weight excluding hydrogens is 256 g/mol. The van der Waals surface area contributed by atoms with E-state index in [9.17, 15) is 0 Å². The summed E-state index contributed by atoms with van der Waals surface area (Å²) in [7, 11) is 0. The molecule has 118 valence electrons. The van der Waals surface area contributed by atoms with Gasteiger partial charge >= 0.3 is 0 Å². The van der Waals surface area contributed by atoms with Gasteiger partial charge in [0.15, 0.2) is 0 Å². The molecule has 1 fully saturated rings. The first-order chi connectivity index (χ1) is 10.2. The monoisotopic (exact) mass is 288 g/mol. The number of hydrogen-bond acceptors (Lipinski definition) is 2. The van der Waals surface area contributed by atoms with Crippen LogP contribution in [0.3, 0.4) is 0 Å². The highest BCUT2D eigenvalue weighted by Crippen LogP contribution is 2.31. The molecule has 4 unspecified atom stereocenters. The zero-order valence-corrected chi connectivity index (χ0v) is 14.2. The second kappa shape index (κ2) is 7.95. The molecule has 1 aromatic carbocycles. The van der Waals surface area contributed by atoms with Gasteiger partial charge in [-0.2, -0.15) is 0 Å². The Hall–Kier alpha value is -0.860. The first kappa shape index (κ1) is 16.5. The third-order valence-electron chi connectivity index (χ3n) is 5.06. The molecule has 1 aliphatic heterocycles. The van der Waals surface area contributed by atoms with Gasteiger partial charge in [-0.15, -0.1) is 0 Å². The molecule has 1 aromatic rings. The molecule has 1 N–H and O–H groups in total. The van der Waals surface area contributed by atoms with E-state index >= 15 is 0 Å². The maximum absolute atomic E-state index is 3.80. The van der Waals surface area contributed by atoms with E-state index in [1.807, 2.05) is 0 Å². The van der Waals surface area contributed by atoms with Crippen LogP contribution in [-0.4, -0.2) is 30.6 Å². The lowest BCUT2D eigenvalue weighted by atomic mass is 9.96. The van der Waals surface area contributed by atoms with Crippen LogP contribution < -0.4 is 5.32 Å². The molecule has 2 heteroatoms. The molecule has 0 aromatic heterocycles. The van der Waals surface area contributed by atoms with E-state index in [0.717, 1.165) is 18.4 Å². The van der Waals surface area contributed by atoms with Crippen molar-refractivity contribution < 1.29 is 0 Å². The fourth-order valence-corrected chi connectivity index (χ4v) is 3.59. The zero-order chi connectivity index (χ0) is 15.2. The van der Waals surface area contributed by atoms with Gasteiger partial charge in [0, 0.05) is 25.2 Å². The minimum Gasteiger partial charge on any atom is -0.309 e. The molecule has 0 radical (unpaired) electrons. The molecule has 0 bridgehead atoms. The van der Waals surface area contributed by atoms with E-state index in [0.29, 0.717) is 12.1 Å². The molecular formula is C19H32N2. The van der Waals surface area contributed by atoms with Crippen molar-refractivity contribution in [3.05, 3.63) is 35.9 Å². The van der Waals surface area contributed by atoms with Crippen molar-refractivity contribution in [2.45, 2.75) is 52.6 Å². The first-order valence-corrected chi connectivity index (χ1v) is 8.69. The molecule has 1 heterocycles. The molecule has 4 atom stereocenters. The Morgan fingerprint density at radius 2 is 1.71 bits per heavy atom. The maximum atomic E-state index is 3.80. The van der Waals surface area contributed by atoms with Crippen LogP contribution in [0.4, 0.5) is 0 Å². The summed E-state index contributed by atoms with van der Waals surface area (Å²) in [5.74, 6) is 1.64. The fourth-order valence-electron chi connectivity index (χ4n) is 3.59. The Bertz CT molecular complexity index is 393. The quantitative estimate of drug-likeness (QED) is 0.813. The third kappa shape index (κ3) is 4.08. The average molecular weight is 288 g/mol. The van der Waals surface area contributed by atoms with Crippen LogP contribution in [0.1, 0.15) is 52.1 Å². The van der Waals surface area contributed by atoms with E-state index in [2.05, 4.69) is 68.2 Å². The summed E-state index contributed by atoms with van der Waals surface area (Å²) in [5, 5.41) is 3.80. The second-order valence-corrected chi connectivity index (χ2v) is 6.73. The Morgan fingerprint density at radius 3 is 2.24 bits per heavy atom. The Morgan fingerprint density at radius 1 is 1.10 bits per heavy atom. The van der Waals surface area contributed by atoms with Crippen LogP contribution in [0.15, 0.2) is 30.3 Å². The summed E-state index contributed by atoms with van der Waals surface area (Å²) in [5.41, 5.74) is 1.44. The van der Waals surface area contributed by atoms with Crippen LogP contribution in [-0.2, 0) is 0 Å². The van der Waals surface area contributed by atoms with Crippen LogP contribution in [0.5, 0.6) is 0 Å². The molecule has 2 rings (SSSR count). The smallest absolute Gasteiger partial charge is 0.0478 e. The normalized spacial score (nSPS) is 25.9. The maximum Gasteiger partial charge on any atom is 0.0478 e. The van der Waals surface area contributed by atoms with Crippen molar-refractivity contribution in [3.8, 4) is 0 Å². The molecule has 0 amide bonds. The van der Waals surface area contributed by atoms with E-state index in [1.165, 1.54) is 31.5 Å². The highest BCUT2D eigenvalue weighted by atomic mass is 15.2. The summed E-state index contributed by atoms with van der Waals surface area (Å²) < 4.78 is 0. The fraction of sp³-hybridized carbons (Fsp3) is 0.684. The number of likely N-dealkylation sites (tertiary alicyclic amines) is 1. The highest BCUT2D eigenvalue weighted by Gasteiger charge is 2.34. The van der Waals surface area contributed by atoms with Crippen LogP contribution >= 0.6 is 0 Å². The summed E-state index contributed by atoms with van der Waals surface area (Å²) in [6.07, 6.45) is 2.39. The van der Waals surface area contributed by atoms with E-state index in [4.69, 9.17) is 0 Å². The molecule has 1 aliphatic rings. The van der Waals surface area contributed by atoms with Gasteiger partial charge in [-0.1, -0.05) is 58.0 Å². The van der Waals surface area contributed by atoms with E-state index < -0.39 is 0 Å². The van der Waals surface area contributed by atoms with Gasteiger partial charge in [-0.3, -0.25) is 4.90 Å². The van der Waals surface area contributed by atoms with Gasteiger partial charge in [0.2, 0.25) is 0 Å². The predicted molar refractivity (Wildman–Crippen MR) is 91.5 cm³/mol. The number of nitrogens with one attached hydrogen (secondary N) is 1. The summed E-state index contributed by atoms with van der Waals surface area (Å²) in [6.45, 7) is 13.0. The summed E-state index contributed by atoms with van der Waals surface area (Å²) in [4.78, 5) is 2.72. The Labute approximate surface area is 130 Å². The van der Waals surface area contributed by atoms with Gasteiger partial charge in [-0.05, 0) is 36.8 Å². The minimum atomic E-state index is 0.452. The Kier molecular flexibility index (Phi) is 6.25. The molecule has 0 spiro atoms. The van der Waals surface area contributed by atoms with E-state index in [-0.39, 0.29) is 0 Å². The lowest BCUT2D eigenvalue weighted by Gasteiger charge is -2.35. The molecule has 0 aliphatic carbocycles. The lowest BCUT2D eigenvalue weighted by molar-refractivity contribution is 0.178.